The van der Waals surface area contributed by atoms with Crippen LogP contribution in [0.1, 0.15) is 37.1 Å². The van der Waals surface area contributed by atoms with Crippen LogP contribution >= 0.6 is 0 Å². The zero-order valence-electron chi connectivity index (χ0n) is 9.49. The molecule has 82 valence electrons. The lowest BCUT2D eigenvalue weighted by molar-refractivity contribution is -0.121. The molecule has 1 aliphatic rings. The van der Waals surface area contributed by atoms with Crippen molar-refractivity contribution in [2.45, 2.75) is 39.0 Å². The molecule has 1 saturated carbocycles. The molecule has 0 N–H and O–H groups in total. The molecule has 1 fully saturated rings. The van der Waals surface area contributed by atoms with Crippen LogP contribution in [0.4, 0.5) is 0 Å². The monoisotopic (exact) mass is 206 g/mol. The minimum Gasteiger partial charge on any atom is -0.300 e. The zero-order valence-corrected chi connectivity index (χ0v) is 9.49. The molecule has 1 aromatic heterocycles. The molecule has 0 aromatic carbocycles. The molecule has 0 radical (unpaired) electrons. The Labute approximate surface area is 90.5 Å². The summed E-state index contributed by atoms with van der Waals surface area (Å²) in [5, 5.41) is 4.33. The molecule has 2 rings (SSSR count). The third-order valence-electron chi connectivity index (χ3n) is 3.18. The number of hydrogen-bond donors (Lipinski definition) is 0. The van der Waals surface area contributed by atoms with Gasteiger partial charge in [-0.1, -0.05) is 0 Å². The summed E-state index contributed by atoms with van der Waals surface area (Å²) in [6.45, 7) is 2.01. The van der Waals surface area contributed by atoms with Crippen molar-refractivity contribution >= 4 is 5.78 Å². The molecule has 3 heteroatoms. The van der Waals surface area contributed by atoms with E-state index in [0.29, 0.717) is 11.7 Å². The molecule has 1 unspecified atom stereocenters. The molecular weight excluding hydrogens is 188 g/mol. The van der Waals surface area contributed by atoms with Crippen molar-refractivity contribution in [1.82, 2.24) is 9.78 Å². The van der Waals surface area contributed by atoms with Crippen LogP contribution in [0.15, 0.2) is 6.07 Å². The number of hydrogen-bond acceptors (Lipinski definition) is 2. The smallest absolute Gasteiger partial charge is 0.133 e. The van der Waals surface area contributed by atoms with Gasteiger partial charge >= 0.3 is 0 Å². The molecule has 0 saturated heterocycles. The summed E-state index contributed by atoms with van der Waals surface area (Å²) in [6, 6.07) is 2.12. The number of aryl methyl sites for hydroxylation is 2. The van der Waals surface area contributed by atoms with Gasteiger partial charge in [0.05, 0.1) is 5.69 Å². The Morgan fingerprint density at radius 3 is 3.00 bits per heavy atom. The highest BCUT2D eigenvalue weighted by Gasteiger charge is 2.20. The van der Waals surface area contributed by atoms with E-state index in [-0.39, 0.29) is 0 Å². The second-order valence-corrected chi connectivity index (χ2v) is 4.61. The van der Waals surface area contributed by atoms with Gasteiger partial charge in [0.2, 0.25) is 0 Å². The quantitative estimate of drug-likeness (QED) is 0.742. The van der Waals surface area contributed by atoms with E-state index < -0.39 is 0 Å². The van der Waals surface area contributed by atoms with Crippen LogP contribution in [0, 0.1) is 12.8 Å². The molecule has 1 heterocycles. The van der Waals surface area contributed by atoms with Crippen LogP contribution in [0.5, 0.6) is 0 Å². The lowest BCUT2D eigenvalue weighted by Gasteiger charge is -2.20. The maximum atomic E-state index is 11.3. The van der Waals surface area contributed by atoms with Crippen LogP contribution in [0.3, 0.4) is 0 Å². The molecule has 0 amide bonds. The Kier molecular flexibility index (Phi) is 2.89. The van der Waals surface area contributed by atoms with Crippen molar-refractivity contribution in [3.8, 4) is 0 Å². The highest BCUT2D eigenvalue weighted by Crippen LogP contribution is 2.24. The second kappa shape index (κ2) is 4.17. The first-order valence-electron chi connectivity index (χ1n) is 5.66. The molecule has 15 heavy (non-hydrogen) atoms. The average molecular weight is 206 g/mol. The molecule has 1 atom stereocenters. The molecule has 0 bridgehead atoms. The molecular formula is C12H18N2O. The van der Waals surface area contributed by atoms with Crippen molar-refractivity contribution in [1.29, 1.82) is 0 Å². The van der Waals surface area contributed by atoms with Crippen LogP contribution < -0.4 is 0 Å². The standard InChI is InChI=1S/C12H18N2O/c1-9-6-11(14(2)13-9)7-10-4-3-5-12(15)8-10/h6,10H,3-5,7-8H2,1-2H3. The Morgan fingerprint density at radius 2 is 2.40 bits per heavy atom. The van der Waals surface area contributed by atoms with Gasteiger partial charge in [-0.15, -0.1) is 0 Å². The normalized spacial score (nSPS) is 22.0. The summed E-state index contributed by atoms with van der Waals surface area (Å²) in [6.07, 6.45) is 4.82. The number of ketones is 1. The van der Waals surface area contributed by atoms with Gasteiger partial charge in [-0.25, -0.2) is 0 Å². The SMILES string of the molecule is Cc1cc(CC2CCCC(=O)C2)n(C)n1. The predicted molar refractivity (Wildman–Crippen MR) is 58.6 cm³/mol. The van der Waals surface area contributed by atoms with Gasteiger partial charge in [0.1, 0.15) is 5.78 Å². The number of carbonyl (C=O) groups excluding carboxylic acids is 1. The number of rotatable bonds is 2. The summed E-state index contributed by atoms with van der Waals surface area (Å²) in [5.74, 6) is 0.978. The van der Waals surface area contributed by atoms with E-state index in [9.17, 15) is 4.79 Å². The fraction of sp³-hybridized carbons (Fsp3) is 0.667. The first kappa shape index (κ1) is 10.4. The van der Waals surface area contributed by atoms with Crippen molar-refractivity contribution in [3.05, 3.63) is 17.5 Å². The Hall–Kier alpha value is -1.12. The van der Waals surface area contributed by atoms with Gasteiger partial charge in [0.25, 0.3) is 0 Å². The third kappa shape index (κ3) is 2.46. The summed E-state index contributed by atoms with van der Waals surface area (Å²) < 4.78 is 1.94. The topological polar surface area (TPSA) is 34.9 Å². The first-order valence-corrected chi connectivity index (χ1v) is 5.66. The van der Waals surface area contributed by atoms with Gasteiger partial charge in [0.15, 0.2) is 0 Å². The number of Topliss-reactive ketones (excluding diaryl/α,β-unsaturated/α-hetero) is 1. The van der Waals surface area contributed by atoms with Crippen molar-refractivity contribution in [2.24, 2.45) is 13.0 Å². The third-order valence-corrected chi connectivity index (χ3v) is 3.18. The fourth-order valence-electron chi connectivity index (χ4n) is 2.44. The molecule has 0 spiro atoms. The summed E-state index contributed by atoms with van der Waals surface area (Å²) in [7, 11) is 1.98. The van der Waals surface area contributed by atoms with Gasteiger partial charge in [-0.2, -0.15) is 5.10 Å². The molecule has 0 aliphatic heterocycles. The van der Waals surface area contributed by atoms with E-state index in [1.54, 1.807) is 0 Å². The van der Waals surface area contributed by atoms with E-state index in [0.717, 1.165) is 31.4 Å². The Balaban J connectivity index is 2.01. The van der Waals surface area contributed by atoms with E-state index >= 15 is 0 Å². The second-order valence-electron chi connectivity index (χ2n) is 4.61. The van der Waals surface area contributed by atoms with Crippen LogP contribution in [0.25, 0.3) is 0 Å². The highest BCUT2D eigenvalue weighted by atomic mass is 16.1. The van der Waals surface area contributed by atoms with Crippen molar-refractivity contribution in [2.75, 3.05) is 0 Å². The molecule has 1 aromatic rings. The maximum Gasteiger partial charge on any atom is 0.133 e. The number of nitrogens with zero attached hydrogens (tertiary/aromatic N) is 2. The van der Waals surface area contributed by atoms with E-state index in [4.69, 9.17) is 0 Å². The van der Waals surface area contributed by atoms with Crippen LogP contribution in [-0.2, 0) is 18.3 Å². The zero-order chi connectivity index (χ0) is 10.8. The molecule has 3 nitrogen and oxygen atoms in total. The van der Waals surface area contributed by atoms with E-state index in [2.05, 4.69) is 11.2 Å². The first-order chi connectivity index (χ1) is 7.15. The largest absolute Gasteiger partial charge is 0.300 e. The van der Waals surface area contributed by atoms with E-state index in [1.165, 1.54) is 12.1 Å². The van der Waals surface area contributed by atoms with Crippen molar-refractivity contribution < 1.29 is 4.79 Å². The van der Waals surface area contributed by atoms with Gasteiger partial charge in [0, 0.05) is 25.6 Å². The van der Waals surface area contributed by atoms with Gasteiger partial charge in [-0.3, -0.25) is 9.48 Å². The van der Waals surface area contributed by atoms with Crippen molar-refractivity contribution in [3.63, 3.8) is 0 Å². The lowest BCUT2D eigenvalue weighted by atomic mass is 9.85. The minimum atomic E-state index is 0.435. The predicted octanol–water partition coefficient (Wildman–Crippen LogP) is 2.03. The summed E-state index contributed by atoms with van der Waals surface area (Å²) >= 11 is 0. The average Bonchev–Trinajstić information content (AvgIpc) is 2.45. The number of aromatic nitrogens is 2. The highest BCUT2D eigenvalue weighted by molar-refractivity contribution is 5.79. The van der Waals surface area contributed by atoms with Gasteiger partial charge < -0.3 is 0 Å². The summed E-state index contributed by atoms with van der Waals surface area (Å²) in [4.78, 5) is 11.3. The lowest BCUT2D eigenvalue weighted by Crippen LogP contribution is -2.18. The Morgan fingerprint density at radius 1 is 1.60 bits per heavy atom. The minimum absolute atomic E-state index is 0.435. The fourth-order valence-corrected chi connectivity index (χ4v) is 2.44. The Bertz CT molecular complexity index is 368. The van der Waals surface area contributed by atoms with Crippen LogP contribution in [0.2, 0.25) is 0 Å². The van der Waals surface area contributed by atoms with E-state index in [1.807, 2.05) is 18.7 Å². The van der Waals surface area contributed by atoms with Crippen LogP contribution in [-0.4, -0.2) is 15.6 Å². The maximum absolute atomic E-state index is 11.3. The van der Waals surface area contributed by atoms with Gasteiger partial charge in [-0.05, 0) is 38.2 Å². The molecule has 1 aliphatic carbocycles. The summed E-state index contributed by atoms with van der Waals surface area (Å²) in [5.41, 5.74) is 2.32. The number of carbonyl (C=O) groups is 1.